The molecule has 1 N–H and O–H groups in total. The minimum absolute atomic E-state index is 0.000932. The Kier molecular flexibility index (Phi) is 6.73. The number of amides is 1. The molecule has 0 bridgehead atoms. The van der Waals surface area contributed by atoms with Crippen LogP contribution in [-0.4, -0.2) is 65.2 Å². The number of benzene rings is 1. The summed E-state index contributed by atoms with van der Waals surface area (Å²) in [5.74, 6) is 0.593. The van der Waals surface area contributed by atoms with Crippen molar-refractivity contribution >= 4 is 23.6 Å². The molecule has 35 heavy (non-hydrogen) atoms. The van der Waals surface area contributed by atoms with Crippen molar-refractivity contribution in [2.75, 3.05) is 38.7 Å². The molecule has 2 aromatic rings. The topological polar surface area (TPSA) is 75.0 Å². The number of nitrogens with one attached hydrogen (secondary N) is 1. The number of rotatable bonds is 7. The molecule has 0 spiro atoms. The van der Waals surface area contributed by atoms with Crippen molar-refractivity contribution in [1.29, 1.82) is 0 Å². The largest absolute Gasteiger partial charge is 0.379 e. The Morgan fingerprint density at radius 3 is 2.89 bits per heavy atom. The number of alkyl halides is 2. The Morgan fingerprint density at radius 2 is 2.20 bits per heavy atom. The number of hydrogen-bond donors (Lipinski definition) is 1. The quantitative estimate of drug-likeness (QED) is 0.634. The van der Waals surface area contributed by atoms with E-state index in [0.717, 1.165) is 24.1 Å². The van der Waals surface area contributed by atoms with Gasteiger partial charge in [-0.15, -0.1) is 0 Å². The second-order valence-electron chi connectivity index (χ2n) is 9.53. The van der Waals surface area contributed by atoms with Gasteiger partial charge in [0.25, 0.3) is 6.43 Å². The Hall–Kier alpha value is -3.01. The molecule has 1 amide bonds. The Labute approximate surface area is 203 Å². The molecule has 8 nitrogen and oxygen atoms in total. The zero-order valence-electron chi connectivity index (χ0n) is 20.2. The van der Waals surface area contributed by atoms with Gasteiger partial charge in [0.05, 0.1) is 19.2 Å². The molecule has 10 heteroatoms. The lowest BCUT2D eigenvalue weighted by Gasteiger charge is -2.28. The first-order valence-corrected chi connectivity index (χ1v) is 12.3. The molecule has 3 aliphatic rings. The van der Waals surface area contributed by atoms with E-state index in [1.54, 1.807) is 17.3 Å². The molecule has 0 saturated carbocycles. The van der Waals surface area contributed by atoms with Gasteiger partial charge in [-0.25, -0.2) is 8.78 Å². The summed E-state index contributed by atoms with van der Waals surface area (Å²) in [6.45, 7) is 5.00. The van der Waals surface area contributed by atoms with Crippen LogP contribution in [0.15, 0.2) is 23.3 Å². The summed E-state index contributed by atoms with van der Waals surface area (Å²) in [7, 11) is 1.83. The first kappa shape index (κ1) is 23.7. The summed E-state index contributed by atoms with van der Waals surface area (Å²) in [6, 6.07) is 5.24. The second-order valence-corrected chi connectivity index (χ2v) is 9.53. The van der Waals surface area contributed by atoms with Crippen LogP contribution in [-0.2, 0) is 22.5 Å². The van der Waals surface area contributed by atoms with Crippen LogP contribution in [0.2, 0.25) is 0 Å². The summed E-state index contributed by atoms with van der Waals surface area (Å²) in [5.41, 5.74) is 3.20. The van der Waals surface area contributed by atoms with Crippen LogP contribution < -0.4 is 5.32 Å². The second kappa shape index (κ2) is 9.93. The van der Waals surface area contributed by atoms with Gasteiger partial charge in [0.15, 0.2) is 5.82 Å². The van der Waals surface area contributed by atoms with E-state index in [1.807, 2.05) is 29.6 Å². The molecule has 1 aromatic carbocycles. The van der Waals surface area contributed by atoms with Crippen molar-refractivity contribution < 1.29 is 18.3 Å². The SMILES string of the molecule is CCCC(=O)N1CCc2c(c(Nc3ccc(C4C=NN(C)C4)c(C(F)F)c3)nn2C2CCOC2)C1. The lowest BCUT2D eigenvalue weighted by molar-refractivity contribution is -0.132. The van der Waals surface area contributed by atoms with E-state index in [4.69, 9.17) is 9.84 Å². The highest BCUT2D eigenvalue weighted by atomic mass is 19.3. The maximum atomic E-state index is 14.0. The van der Waals surface area contributed by atoms with Gasteiger partial charge in [-0.1, -0.05) is 13.0 Å². The minimum Gasteiger partial charge on any atom is -0.379 e. The van der Waals surface area contributed by atoms with E-state index in [-0.39, 0.29) is 23.4 Å². The lowest BCUT2D eigenvalue weighted by atomic mass is 9.95. The molecule has 3 aliphatic heterocycles. The van der Waals surface area contributed by atoms with Crippen molar-refractivity contribution in [3.63, 3.8) is 0 Å². The smallest absolute Gasteiger partial charge is 0.264 e. The Morgan fingerprint density at radius 1 is 1.34 bits per heavy atom. The van der Waals surface area contributed by atoms with E-state index < -0.39 is 6.43 Å². The summed E-state index contributed by atoms with van der Waals surface area (Å²) >= 11 is 0. The predicted octanol–water partition coefficient (Wildman–Crippen LogP) is 4.23. The van der Waals surface area contributed by atoms with Crippen LogP contribution in [0.25, 0.3) is 0 Å². The van der Waals surface area contributed by atoms with Gasteiger partial charge in [-0.3, -0.25) is 14.5 Å². The predicted molar refractivity (Wildman–Crippen MR) is 129 cm³/mol. The maximum Gasteiger partial charge on any atom is 0.264 e. The Balaban J connectivity index is 1.46. The third-order valence-corrected chi connectivity index (χ3v) is 7.04. The molecule has 1 aromatic heterocycles. The third-order valence-electron chi connectivity index (χ3n) is 7.04. The van der Waals surface area contributed by atoms with Gasteiger partial charge >= 0.3 is 0 Å². The molecule has 1 fully saturated rings. The number of nitrogens with zero attached hydrogens (tertiary/aromatic N) is 5. The van der Waals surface area contributed by atoms with Crippen LogP contribution in [0, 0.1) is 0 Å². The van der Waals surface area contributed by atoms with Crippen LogP contribution in [0.1, 0.15) is 67.0 Å². The van der Waals surface area contributed by atoms with E-state index in [9.17, 15) is 13.6 Å². The maximum absolute atomic E-state index is 14.0. The fourth-order valence-corrected chi connectivity index (χ4v) is 5.22. The molecule has 188 valence electrons. The number of fused-ring (bicyclic) bond motifs is 1. The molecule has 1 saturated heterocycles. The van der Waals surface area contributed by atoms with Crippen molar-refractivity contribution in [2.24, 2.45) is 5.10 Å². The van der Waals surface area contributed by atoms with Crippen LogP contribution in [0.4, 0.5) is 20.3 Å². The number of carbonyl (C=O) groups excluding carboxylic acids is 1. The number of halogens is 2. The fourth-order valence-electron chi connectivity index (χ4n) is 5.22. The zero-order valence-corrected chi connectivity index (χ0v) is 20.2. The van der Waals surface area contributed by atoms with E-state index in [1.165, 1.54) is 6.07 Å². The average molecular weight is 487 g/mol. The van der Waals surface area contributed by atoms with Gasteiger partial charge in [0.1, 0.15) is 0 Å². The number of carbonyl (C=O) groups is 1. The first-order valence-electron chi connectivity index (χ1n) is 12.3. The Bertz CT molecular complexity index is 1110. The standard InChI is InChI=1S/C25H32F2N6O2/c1-3-4-23(34)32-9-7-22-21(14-32)25(30-33(22)18-8-10-35-15-18)29-17-5-6-19(20(11-17)24(26)27)16-12-28-31(2)13-16/h5-6,11-12,16,18,24H,3-4,7-10,13-15H2,1-2H3,(H,29,30). The first-order chi connectivity index (χ1) is 16.9. The van der Waals surface area contributed by atoms with Gasteiger partial charge < -0.3 is 15.0 Å². The normalized spacial score (nSPS) is 21.7. The molecular formula is C25H32F2N6O2. The van der Waals surface area contributed by atoms with Crippen LogP contribution >= 0.6 is 0 Å². The van der Waals surface area contributed by atoms with Gasteiger partial charge in [0.2, 0.25) is 5.91 Å². The number of hydrogen-bond acceptors (Lipinski definition) is 6. The van der Waals surface area contributed by atoms with E-state index in [2.05, 4.69) is 10.4 Å². The van der Waals surface area contributed by atoms with Gasteiger partial charge in [0, 0.05) is 74.2 Å². The van der Waals surface area contributed by atoms with E-state index >= 15 is 0 Å². The number of likely N-dealkylation sites (N-methyl/N-ethyl adjacent to an activating group) is 1. The molecule has 2 atom stereocenters. The van der Waals surface area contributed by atoms with Crippen molar-refractivity contribution in [3.05, 3.63) is 40.6 Å². The summed E-state index contributed by atoms with van der Waals surface area (Å²) in [5, 5.41) is 14.1. The van der Waals surface area contributed by atoms with Crippen molar-refractivity contribution in [2.45, 2.75) is 57.5 Å². The summed E-state index contributed by atoms with van der Waals surface area (Å²) in [6.07, 6.45) is 2.03. The van der Waals surface area contributed by atoms with Crippen LogP contribution in [0.3, 0.4) is 0 Å². The molecule has 4 heterocycles. The van der Waals surface area contributed by atoms with Gasteiger partial charge in [-0.05, 0) is 30.5 Å². The highest BCUT2D eigenvalue weighted by Gasteiger charge is 2.31. The lowest BCUT2D eigenvalue weighted by Crippen LogP contribution is -2.36. The average Bonchev–Trinajstić information content (AvgIpc) is 3.59. The monoisotopic (exact) mass is 486 g/mol. The number of ether oxygens (including phenoxy) is 1. The molecule has 2 unspecified atom stereocenters. The fraction of sp³-hybridized carbons (Fsp3) is 0.560. The zero-order chi connectivity index (χ0) is 24.5. The third kappa shape index (κ3) is 4.76. The van der Waals surface area contributed by atoms with Crippen molar-refractivity contribution in [3.8, 4) is 0 Å². The molecular weight excluding hydrogens is 454 g/mol. The summed E-state index contributed by atoms with van der Waals surface area (Å²) < 4.78 is 35.7. The molecule has 0 aliphatic carbocycles. The van der Waals surface area contributed by atoms with Gasteiger partial charge in [-0.2, -0.15) is 10.2 Å². The molecule has 0 radical (unpaired) electrons. The number of aromatic nitrogens is 2. The van der Waals surface area contributed by atoms with Crippen LogP contribution in [0.5, 0.6) is 0 Å². The minimum atomic E-state index is -2.60. The number of anilines is 2. The molecule has 5 rings (SSSR count). The number of hydrazone groups is 1. The van der Waals surface area contributed by atoms with E-state index in [0.29, 0.717) is 62.8 Å². The van der Waals surface area contributed by atoms with Crippen molar-refractivity contribution in [1.82, 2.24) is 19.7 Å². The highest BCUT2D eigenvalue weighted by Crippen LogP contribution is 2.36. The summed E-state index contributed by atoms with van der Waals surface area (Å²) in [4.78, 5) is 14.5. The highest BCUT2D eigenvalue weighted by molar-refractivity contribution is 5.77.